The topological polar surface area (TPSA) is 54.2 Å². The second-order valence-corrected chi connectivity index (χ2v) is 7.26. The number of halogens is 2. The number of nitrogens with one attached hydrogen (secondary N) is 1. The molecule has 1 unspecified atom stereocenters. The van der Waals surface area contributed by atoms with Crippen molar-refractivity contribution < 1.29 is 8.78 Å². The van der Waals surface area contributed by atoms with Gasteiger partial charge in [0.1, 0.15) is 17.5 Å². The number of likely N-dealkylation sites (N-methyl/N-ethyl adjacent to an activating group) is 1. The minimum Gasteiger partial charge on any atom is -0.384 e. The molecule has 1 saturated heterocycles. The lowest BCUT2D eigenvalue weighted by Crippen LogP contribution is -2.23. The Morgan fingerprint density at radius 2 is 2.04 bits per heavy atom. The van der Waals surface area contributed by atoms with Gasteiger partial charge in [-0.05, 0) is 50.7 Å². The normalized spacial score (nSPS) is 17.6. The first-order valence-corrected chi connectivity index (χ1v) is 9.02. The first-order valence-electron chi connectivity index (χ1n) is 9.02. The maximum atomic E-state index is 15.3. The third kappa shape index (κ3) is 3.21. The molecule has 27 heavy (non-hydrogen) atoms. The van der Waals surface area contributed by atoms with Crippen LogP contribution in [0.15, 0.2) is 36.5 Å². The van der Waals surface area contributed by atoms with Crippen LogP contribution in [0.25, 0.3) is 21.9 Å². The molecule has 0 radical (unpaired) electrons. The summed E-state index contributed by atoms with van der Waals surface area (Å²) in [6, 6.07) is 8.36. The molecule has 0 saturated carbocycles. The molecule has 4 nitrogen and oxygen atoms in total. The van der Waals surface area contributed by atoms with Gasteiger partial charge in [-0.25, -0.2) is 13.8 Å². The van der Waals surface area contributed by atoms with Crippen LogP contribution in [-0.4, -0.2) is 36.1 Å². The lowest BCUT2D eigenvalue weighted by molar-refractivity contribution is 0.414. The zero-order chi connectivity index (χ0) is 19.1. The summed E-state index contributed by atoms with van der Waals surface area (Å²) in [7, 11) is 2.07. The van der Waals surface area contributed by atoms with Crippen molar-refractivity contribution in [2.45, 2.75) is 19.4 Å². The highest BCUT2D eigenvalue weighted by atomic mass is 19.1. The molecule has 0 aliphatic carbocycles. The van der Waals surface area contributed by atoms with E-state index < -0.39 is 11.6 Å². The van der Waals surface area contributed by atoms with E-state index in [1.165, 1.54) is 12.3 Å². The molecule has 3 N–H and O–H groups in total. The third-order valence-corrected chi connectivity index (χ3v) is 5.22. The Hall–Kier alpha value is -2.73. The molecule has 0 bridgehead atoms. The number of aryl methyl sites for hydroxylation is 1. The number of aromatic nitrogens is 1. The zero-order valence-electron chi connectivity index (χ0n) is 15.4. The first-order chi connectivity index (χ1) is 12.9. The van der Waals surface area contributed by atoms with E-state index in [1.54, 1.807) is 31.2 Å². The van der Waals surface area contributed by atoms with Gasteiger partial charge in [-0.15, -0.1) is 0 Å². The van der Waals surface area contributed by atoms with Crippen molar-refractivity contribution in [2.24, 2.45) is 0 Å². The van der Waals surface area contributed by atoms with Gasteiger partial charge in [0, 0.05) is 46.4 Å². The van der Waals surface area contributed by atoms with Crippen LogP contribution in [0.4, 0.5) is 20.3 Å². The number of fused-ring (bicyclic) bond motifs is 1. The van der Waals surface area contributed by atoms with E-state index in [4.69, 9.17) is 5.73 Å². The first kappa shape index (κ1) is 17.7. The number of hydrogen-bond acceptors (Lipinski definition) is 4. The van der Waals surface area contributed by atoms with E-state index in [-0.39, 0.29) is 17.2 Å². The van der Waals surface area contributed by atoms with Gasteiger partial charge >= 0.3 is 0 Å². The molecule has 0 amide bonds. The van der Waals surface area contributed by atoms with Gasteiger partial charge in [-0.3, -0.25) is 0 Å². The summed E-state index contributed by atoms with van der Waals surface area (Å²) in [4.78, 5) is 6.28. The van der Waals surface area contributed by atoms with Crippen molar-refractivity contribution in [1.29, 1.82) is 0 Å². The maximum absolute atomic E-state index is 15.3. The van der Waals surface area contributed by atoms with Crippen molar-refractivity contribution >= 4 is 22.3 Å². The molecule has 1 atom stereocenters. The quantitative estimate of drug-likeness (QED) is 0.728. The fourth-order valence-electron chi connectivity index (χ4n) is 3.85. The summed E-state index contributed by atoms with van der Waals surface area (Å²) in [6.07, 6.45) is 2.41. The largest absolute Gasteiger partial charge is 0.384 e. The minimum absolute atomic E-state index is 0.235. The van der Waals surface area contributed by atoms with E-state index >= 15 is 4.39 Å². The highest BCUT2D eigenvalue weighted by Crippen LogP contribution is 2.37. The van der Waals surface area contributed by atoms with Gasteiger partial charge in [0.15, 0.2) is 0 Å². The number of hydrogen-bond donors (Lipinski definition) is 2. The molecule has 4 rings (SSSR count). The number of likely N-dealkylation sites (tertiary alicyclic amines) is 1. The molecule has 140 valence electrons. The number of pyridine rings is 1. The number of nitrogen functional groups attached to an aromatic ring is 1. The van der Waals surface area contributed by atoms with Crippen molar-refractivity contribution in [3.05, 3.63) is 53.7 Å². The molecule has 3 aromatic rings. The Bertz CT molecular complexity index is 998. The fourth-order valence-corrected chi connectivity index (χ4v) is 3.85. The summed E-state index contributed by atoms with van der Waals surface area (Å²) < 4.78 is 29.9. The number of nitrogens with zero attached hydrogens (tertiary/aromatic N) is 2. The molecule has 1 fully saturated rings. The minimum atomic E-state index is -0.486. The Morgan fingerprint density at radius 3 is 2.74 bits per heavy atom. The summed E-state index contributed by atoms with van der Waals surface area (Å²) in [5.74, 6) is -0.605. The number of nitrogens with two attached hydrogens (primary N) is 1. The van der Waals surface area contributed by atoms with Gasteiger partial charge in [0.05, 0.1) is 0 Å². The number of benzene rings is 2. The predicted octanol–water partition coefficient (Wildman–Crippen LogP) is 4.19. The van der Waals surface area contributed by atoms with Gasteiger partial charge in [0.25, 0.3) is 0 Å². The summed E-state index contributed by atoms with van der Waals surface area (Å²) in [6.45, 7) is 3.68. The van der Waals surface area contributed by atoms with E-state index in [9.17, 15) is 4.39 Å². The molecule has 1 aliphatic rings. The molecular formula is C21H22F2N4. The molecular weight excluding hydrogens is 346 g/mol. The average Bonchev–Trinajstić information content (AvgIpc) is 3.03. The van der Waals surface area contributed by atoms with Crippen LogP contribution in [0, 0.1) is 18.6 Å². The highest BCUT2D eigenvalue weighted by Gasteiger charge is 2.23. The molecule has 1 aromatic heterocycles. The van der Waals surface area contributed by atoms with Crippen LogP contribution in [0.2, 0.25) is 0 Å². The summed E-state index contributed by atoms with van der Waals surface area (Å²) in [5.41, 5.74) is 7.79. The van der Waals surface area contributed by atoms with Crippen LogP contribution in [-0.2, 0) is 0 Å². The smallest absolute Gasteiger partial charge is 0.140 e. The lowest BCUT2D eigenvalue weighted by Gasteiger charge is -2.19. The SMILES string of the molecule is Cc1cccc(F)c1-c1cc(NC2CCN(C)C2)c2cc(N)ncc2c1F. The average molecular weight is 368 g/mol. The van der Waals surface area contributed by atoms with Gasteiger partial charge in [-0.1, -0.05) is 12.1 Å². The van der Waals surface area contributed by atoms with Crippen LogP contribution < -0.4 is 11.1 Å². The van der Waals surface area contributed by atoms with Crippen molar-refractivity contribution in [1.82, 2.24) is 9.88 Å². The second-order valence-electron chi connectivity index (χ2n) is 7.26. The van der Waals surface area contributed by atoms with Crippen LogP contribution in [0.5, 0.6) is 0 Å². The van der Waals surface area contributed by atoms with E-state index in [0.29, 0.717) is 22.2 Å². The molecule has 2 aromatic carbocycles. The van der Waals surface area contributed by atoms with Crippen molar-refractivity contribution in [2.75, 3.05) is 31.2 Å². The van der Waals surface area contributed by atoms with Gasteiger partial charge in [-0.2, -0.15) is 0 Å². The van der Waals surface area contributed by atoms with E-state index in [0.717, 1.165) is 25.2 Å². The Morgan fingerprint density at radius 1 is 1.22 bits per heavy atom. The second kappa shape index (κ2) is 6.78. The van der Waals surface area contributed by atoms with Crippen molar-refractivity contribution in [3.8, 4) is 11.1 Å². The van der Waals surface area contributed by atoms with Gasteiger partial charge < -0.3 is 16.0 Å². The lowest BCUT2D eigenvalue weighted by atomic mass is 9.95. The Balaban J connectivity index is 1.92. The fraction of sp³-hybridized carbons (Fsp3) is 0.286. The summed E-state index contributed by atoms with van der Waals surface area (Å²) >= 11 is 0. The standard InChI is InChI=1S/C21H22F2N4/c1-12-4-3-5-17(22)20(12)15-8-18(26-13-6-7-27(2)11-13)14-9-19(24)25-10-16(14)21(15)23/h3-5,8-10,13,26H,6-7,11H2,1-2H3,(H2,24,25). The Labute approximate surface area is 157 Å². The third-order valence-electron chi connectivity index (χ3n) is 5.22. The molecule has 2 heterocycles. The molecule has 0 spiro atoms. The maximum Gasteiger partial charge on any atom is 0.140 e. The Kier molecular flexibility index (Phi) is 4.44. The van der Waals surface area contributed by atoms with Gasteiger partial charge in [0.2, 0.25) is 0 Å². The van der Waals surface area contributed by atoms with Crippen LogP contribution in [0.1, 0.15) is 12.0 Å². The van der Waals surface area contributed by atoms with Crippen LogP contribution >= 0.6 is 0 Å². The van der Waals surface area contributed by atoms with E-state index in [1.807, 2.05) is 0 Å². The van der Waals surface area contributed by atoms with E-state index in [2.05, 4.69) is 22.2 Å². The number of anilines is 2. The van der Waals surface area contributed by atoms with Crippen molar-refractivity contribution in [3.63, 3.8) is 0 Å². The monoisotopic (exact) mass is 368 g/mol. The number of rotatable bonds is 3. The predicted molar refractivity (Wildman–Crippen MR) is 106 cm³/mol. The van der Waals surface area contributed by atoms with Crippen LogP contribution in [0.3, 0.4) is 0 Å². The molecule has 6 heteroatoms. The summed E-state index contributed by atoms with van der Waals surface area (Å²) in [5, 5.41) is 4.49. The zero-order valence-corrected chi connectivity index (χ0v) is 15.4. The molecule has 1 aliphatic heterocycles. The highest BCUT2D eigenvalue weighted by molar-refractivity contribution is 5.99.